The van der Waals surface area contributed by atoms with E-state index in [4.69, 9.17) is 22.6 Å². The number of nitrogens with zero attached hydrogens (tertiary/aromatic N) is 5. The first kappa shape index (κ1) is 103. The molecule has 16 amide bonds. The Morgan fingerprint density at radius 1 is 0.508 bits per heavy atom. The summed E-state index contributed by atoms with van der Waals surface area (Å²) in [6.07, 6.45) is 5.71. The second-order valence-electron chi connectivity index (χ2n) is 32.2. The van der Waals surface area contributed by atoms with E-state index in [2.05, 4.69) is 68.5 Å². The molecule has 690 valence electrons. The molecule has 0 radical (unpaired) electrons. The molecule has 40 heteroatoms. The molecule has 6 rings (SSSR count). The molecule has 0 unspecified atom stereocenters. The topological polar surface area (TPSA) is 575 Å². The second kappa shape index (κ2) is 51.3. The van der Waals surface area contributed by atoms with Crippen molar-refractivity contribution in [2.24, 2.45) is 23.1 Å². The Bertz CT molecular complexity index is 4580. The van der Waals surface area contributed by atoms with Gasteiger partial charge in [-0.2, -0.15) is 0 Å². The molecule has 21 N–H and O–H groups in total. The summed E-state index contributed by atoms with van der Waals surface area (Å²) in [5.41, 5.74) is 19.6. The fraction of sp³-hybridized carbons (Fsp3) is 0.547. The van der Waals surface area contributed by atoms with E-state index in [1.165, 1.54) is 44.9 Å². The Balaban J connectivity index is 1.24. The number of aliphatic hydroxyl groups excluding tert-OH is 1. The lowest BCUT2D eigenvalue weighted by Gasteiger charge is -2.36. The Hall–Kier alpha value is -12.2. The number of hydrogen-bond donors (Lipinski definition) is 18. The minimum atomic E-state index is -1.79. The third kappa shape index (κ3) is 31.5. The maximum Gasteiger partial charge on any atom is 0.245 e. The zero-order valence-electron chi connectivity index (χ0n) is 73.8. The van der Waals surface area contributed by atoms with Gasteiger partial charge in [-0.1, -0.05) is 120 Å². The summed E-state index contributed by atoms with van der Waals surface area (Å²) in [6.45, 7) is 9.06. The highest BCUT2D eigenvalue weighted by atomic mass is 32.2. The normalized spacial score (nSPS) is 14.7. The van der Waals surface area contributed by atoms with Gasteiger partial charge in [-0.25, -0.2) is 0 Å². The number of fused-ring (bicyclic) bond motifs is 2. The van der Waals surface area contributed by atoms with E-state index in [1.54, 1.807) is 99.2 Å². The van der Waals surface area contributed by atoms with E-state index in [0.717, 1.165) is 39.3 Å². The first-order valence-corrected chi connectivity index (χ1v) is 43.7. The Labute approximate surface area is 738 Å². The van der Waals surface area contributed by atoms with Crippen LogP contribution in [0.25, 0.3) is 21.8 Å². The summed E-state index contributed by atoms with van der Waals surface area (Å²) < 4.78 is 0. The molecule has 0 aliphatic carbocycles. The standard InChI is InChI=1S/C86H128N22O17S/c1-12-14-33-68(80(120)98-60(32-25-35-92-86(89)90)77(117)103-67(76(116)95-45-71(88)111)48-126-49-73(113)97-63(39-53-26-17-16-18-27-53)82(122)105(9)52(6)75(115)100-65(42-70(87)110)84(124)108-36-23-24-37-108)106(10)85(125)69(34-15-13-2)107(11)83(123)64(41-55-44-94-59-31-22-20-29-57(55)59)101-79(119)66(47-109)102-78(118)61(40-54-43-93-58-30-21-19-28-56(54)58)96-72(112)46-104(8)81(121)62(38-50(3)4)99-74(114)51(5)91-7/h16-22,26-31,43-44,50-52,60-69,91,93-94,109H,12-15,23-25,32-42,45-49H2,1-11H3,(H2,87,110)(H2,88,111)(H,95,116)(H,96,112)(H,97,113)(H,98,120)(H,99,114)(H,100,115)(H,101,119)(H,102,118)(H,103,117)(H4,89,90,92)/t51-,52-,60-,61-,62-,63-,64-,65-,66-,67-,68-,69-/m0/s1. The summed E-state index contributed by atoms with van der Waals surface area (Å²) in [4.78, 5) is 238. The number of carbonyl (C=O) groups excluding carboxylic acids is 16. The van der Waals surface area contributed by atoms with Gasteiger partial charge in [0.2, 0.25) is 94.5 Å². The summed E-state index contributed by atoms with van der Waals surface area (Å²) >= 11 is 0.829. The number of likely N-dealkylation sites (N-methyl/N-ethyl adjacent to an activating group) is 5. The van der Waals surface area contributed by atoms with Gasteiger partial charge in [-0.15, -0.1) is 11.8 Å². The van der Waals surface area contributed by atoms with Crippen molar-refractivity contribution < 1.29 is 81.8 Å². The van der Waals surface area contributed by atoms with Gasteiger partial charge in [0.25, 0.3) is 0 Å². The van der Waals surface area contributed by atoms with Crippen molar-refractivity contribution in [1.29, 1.82) is 5.41 Å². The molecule has 5 aromatic rings. The number of H-pyrrole nitrogens is 2. The van der Waals surface area contributed by atoms with Gasteiger partial charge in [-0.05, 0) is 101 Å². The predicted molar refractivity (Wildman–Crippen MR) is 475 cm³/mol. The first-order chi connectivity index (χ1) is 59.9. The van der Waals surface area contributed by atoms with Crippen molar-refractivity contribution in [1.82, 2.24) is 93.0 Å². The minimum absolute atomic E-state index is 0.00933. The fourth-order valence-corrected chi connectivity index (χ4v) is 15.4. The molecular formula is C86H128N22O17S. The second-order valence-corrected chi connectivity index (χ2v) is 33.2. The molecule has 1 fully saturated rings. The molecular weight excluding hydrogens is 1650 g/mol. The average molecular weight is 1770 g/mol. The van der Waals surface area contributed by atoms with Gasteiger partial charge in [0.05, 0.1) is 37.9 Å². The fourth-order valence-electron chi connectivity index (χ4n) is 14.5. The average Bonchev–Trinajstić information content (AvgIpc) is 1.42. The lowest BCUT2D eigenvalue weighted by Crippen LogP contribution is -2.61. The quantitative estimate of drug-likeness (QED) is 0.0121. The van der Waals surface area contributed by atoms with Crippen molar-refractivity contribution in [2.45, 2.75) is 210 Å². The van der Waals surface area contributed by atoms with Crippen LogP contribution in [0.15, 0.2) is 91.3 Å². The number of carbonyl (C=O) groups is 16. The number of rotatable bonds is 53. The number of thioether (sulfide) groups is 1. The number of amides is 16. The molecule has 1 aliphatic heterocycles. The predicted octanol–water partition coefficient (Wildman–Crippen LogP) is -1.36. The molecule has 2 aromatic heterocycles. The summed E-state index contributed by atoms with van der Waals surface area (Å²) in [7, 11) is 7.03. The molecule has 1 saturated heterocycles. The van der Waals surface area contributed by atoms with Crippen LogP contribution in [-0.2, 0) is 96.0 Å². The van der Waals surface area contributed by atoms with Crippen LogP contribution < -0.4 is 75.7 Å². The minimum Gasteiger partial charge on any atom is -0.394 e. The highest BCUT2D eigenvalue weighted by Crippen LogP contribution is 2.25. The van der Waals surface area contributed by atoms with Crippen molar-refractivity contribution in [3.63, 3.8) is 0 Å². The molecule has 0 spiro atoms. The lowest BCUT2D eigenvalue weighted by molar-refractivity contribution is -0.149. The van der Waals surface area contributed by atoms with Gasteiger partial charge in [0, 0.05) is 107 Å². The van der Waals surface area contributed by atoms with E-state index < -0.39 is 205 Å². The highest BCUT2D eigenvalue weighted by Gasteiger charge is 2.41. The third-order valence-electron chi connectivity index (χ3n) is 21.9. The van der Waals surface area contributed by atoms with Gasteiger partial charge < -0.3 is 115 Å². The number of nitrogens with two attached hydrogens (primary N) is 3. The number of unbranched alkanes of at least 4 members (excludes halogenated alkanes) is 2. The van der Waals surface area contributed by atoms with Crippen molar-refractivity contribution in [2.75, 3.05) is 86.1 Å². The Kier molecular flexibility index (Phi) is 41.8. The Morgan fingerprint density at radius 2 is 1.02 bits per heavy atom. The number of primary amides is 2. The Morgan fingerprint density at radius 3 is 1.59 bits per heavy atom. The zero-order chi connectivity index (χ0) is 93.0. The van der Waals surface area contributed by atoms with Crippen LogP contribution in [0.4, 0.5) is 0 Å². The zero-order valence-corrected chi connectivity index (χ0v) is 74.6. The van der Waals surface area contributed by atoms with Crippen LogP contribution in [0, 0.1) is 11.3 Å². The monoisotopic (exact) mass is 1770 g/mol. The maximum atomic E-state index is 15.6. The van der Waals surface area contributed by atoms with Crippen molar-refractivity contribution in [3.8, 4) is 0 Å². The van der Waals surface area contributed by atoms with Crippen molar-refractivity contribution >= 4 is 134 Å². The lowest BCUT2D eigenvalue weighted by atomic mass is 10.00. The summed E-state index contributed by atoms with van der Waals surface area (Å²) in [6, 6.07) is 6.90. The number of para-hydroxylation sites is 2. The molecule has 126 heavy (non-hydrogen) atoms. The van der Waals surface area contributed by atoms with Crippen LogP contribution in [0.2, 0.25) is 0 Å². The van der Waals surface area contributed by atoms with E-state index in [0.29, 0.717) is 77.3 Å². The number of benzene rings is 3. The number of hydrogen-bond acceptors (Lipinski definition) is 20. The number of aliphatic hydroxyl groups is 1. The van der Waals surface area contributed by atoms with E-state index in [9.17, 15) is 67.4 Å². The van der Waals surface area contributed by atoms with Gasteiger partial charge >= 0.3 is 0 Å². The number of likely N-dealkylation sites (tertiary alicyclic amines) is 1. The van der Waals surface area contributed by atoms with Crippen LogP contribution in [0.1, 0.15) is 135 Å². The van der Waals surface area contributed by atoms with E-state index >= 15 is 14.4 Å². The first-order valence-electron chi connectivity index (χ1n) is 42.6. The number of guanidine groups is 1. The smallest absolute Gasteiger partial charge is 0.245 e. The van der Waals surface area contributed by atoms with Crippen LogP contribution in [0.5, 0.6) is 0 Å². The van der Waals surface area contributed by atoms with E-state index in [1.807, 2.05) is 33.8 Å². The maximum absolute atomic E-state index is 15.6. The van der Waals surface area contributed by atoms with Gasteiger partial charge in [0.1, 0.15) is 66.5 Å². The molecule has 12 atom stereocenters. The number of nitrogens with one attached hydrogen (secondary N) is 14. The molecule has 3 heterocycles. The van der Waals surface area contributed by atoms with E-state index in [-0.39, 0.29) is 69.6 Å². The highest BCUT2D eigenvalue weighted by molar-refractivity contribution is 8.00. The van der Waals surface area contributed by atoms with Crippen LogP contribution in [0.3, 0.4) is 0 Å². The molecule has 3 aromatic carbocycles. The SMILES string of the molecule is CCCC[C@@H](C(=O)N(C)[C@@H](CCCC)C(=O)N[C@@H](CCCNC(=N)N)C(=O)N[C@@H](CSCC(=O)N[C@@H](Cc1ccccc1)C(=O)N(C)[C@@H](C)C(=O)N[C@@H](CC(N)=O)C(=O)N1CCCC1)C(=O)NCC(N)=O)N(C)C(=O)[C@H](Cc1c[nH]c2ccccc12)NC(=O)[C@H](CO)NC(=O)[C@H](Cc1c[nH]c2ccccc12)NC(=O)CN(C)C(=O)[C@H](CC(C)C)NC(=O)[C@H](C)NC. The van der Waals surface area contributed by atoms with Gasteiger partial charge in [0.15, 0.2) is 5.96 Å². The van der Waals surface area contributed by atoms with Crippen LogP contribution in [-0.4, -0.2) is 299 Å². The number of aromatic nitrogens is 2. The molecule has 0 bridgehead atoms. The molecule has 1 aliphatic rings. The van der Waals surface area contributed by atoms with Gasteiger partial charge in [-0.3, -0.25) is 82.1 Å². The summed E-state index contributed by atoms with van der Waals surface area (Å²) in [5.74, 6) is -13.9. The van der Waals surface area contributed by atoms with Crippen LogP contribution >= 0.6 is 11.8 Å². The third-order valence-corrected chi connectivity index (χ3v) is 23.0. The summed E-state index contributed by atoms with van der Waals surface area (Å²) in [5, 5.41) is 49.6. The molecule has 39 nitrogen and oxygen atoms in total. The number of aromatic amines is 2. The largest absolute Gasteiger partial charge is 0.394 e. The van der Waals surface area contributed by atoms with Crippen molar-refractivity contribution in [3.05, 3.63) is 108 Å². The molecule has 0 saturated carbocycles.